The Morgan fingerprint density at radius 1 is 1.06 bits per heavy atom. The molecule has 36 heavy (non-hydrogen) atoms. The first kappa shape index (κ1) is 24.2. The number of rotatable bonds is 7. The van der Waals surface area contributed by atoms with Crippen molar-refractivity contribution in [3.63, 3.8) is 0 Å². The number of carbonyl (C=O) groups is 1. The van der Waals surface area contributed by atoms with E-state index >= 15 is 0 Å². The highest BCUT2D eigenvalue weighted by Crippen LogP contribution is 2.31. The van der Waals surface area contributed by atoms with Gasteiger partial charge in [0.15, 0.2) is 0 Å². The number of nitrogens with zero attached hydrogens (tertiary/aromatic N) is 2. The van der Waals surface area contributed by atoms with Crippen LogP contribution < -0.4 is 10.1 Å². The number of nitro groups is 1. The number of hydrogen-bond acceptors (Lipinski definition) is 5. The standard InChI is InChI=1S/C29H23N3O4/c1-19-7-8-20(2)27(15-19)31-29(33)23(17-30)16-26-25-6-4-3-5-22(25)11-14-28(26)36-18-21-9-12-24(13-10-21)32(34)35/h3-16H,18H2,1-2H3,(H,31,33)/b23-16+. The molecule has 7 nitrogen and oxygen atoms in total. The van der Waals surface area contributed by atoms with Crippen LogP contribution >= 0.6 is 0 Å². The molecule has 1 N–H and O–H groups in total. The van der Waals surface area contributed by atoms with Gasteiger partial charge in [0, 0.05) is 23.4 Å². The highest BCUT2D eigenvalue weighted by Gasteiger charge is 2.15. The predicted octanol–water partition coefficient (Wildman–Crippen LogP) is 6.49. The third kappa shape index (κ3) is 5.40. The smallest absolute Gasteiger partial charge is 0.269 e. The van der Waals surface area contributed by atoms with Crippen LogP contribution in [0, 0.1) is 35.3 Å². The number of nitrogens with one attached hydrogen (secondary N) is 1. The van der Waals surface area contributed by atoms with Crippen LogP contribution in [0.3, 0.4) is 0 Å². The minimum absolute atomic E-state index is 0.00148. The molecule has 178 valence electrons. The van der Waals surface area contributed by atoms with Gasteiger partial charge in [0.25, 0.3) is 11.6 Å². The van der Waals surface area contributed by atoms with Gasteiger partial charge in [-0.05, 0) is 71.7 Å². The molecule has 0 fully saturated rings. The molecule has 0 spiro atoms. The van der Waals surface area contributed by atoms with Crippen molar-refractivity contribution in [3.05, 3.63) is 117 Å². The van der Waals surface area contributed by atoms with E-state index in [-0.39, 0.29) is 17.9 Å². The zero-order valence-electron chi connectivity index (χ0n) is 19.8. The predicted molar refractivity (Wildman–Crippen MR) is 140 cm³/mol. The molecule has 0 aliphatic rings. The van der Waals surface area contributed by atoms with Crippen LogP contribution in [0.1, 0.15) is 22.3 Å². The maximum atomic E-state index is 13.0. The quantitative estimate of drug-likeness (QED) is 0.142. The summed E-state index contributed by atoms with van der Waals surface area (Å²) in [6, 6.07) is 25.2. The molecular weight excluding hydrogens is 454 g/mol. The van der Waals surface area contributed by atoms with Crippen LogP contribution in [0.5, 0.6) is 5.75 Å². The number of aryl methyl sites for hydroxylation is 2. The number of hydrogen-bond donors (Lipinski definition) is 1. The fraction of sp³-hybridized carbons (Fsp3) is 0.103. The molecule has 0 radical (unpaired) electrons. The molecule has 0 unspecified atom stereocenters. The number of anilines is 1. The lowest BCUT2D eigenvalue weighted by Crippen LogP contribution is -2.14. The van der Waals surface area contributed by atoms with Crippen molar-refractivity contribution in [1.29, 1.82) is 5.26 Å². The van der Waals surface area contributed by atoms with Crippen LogP contribution in [-0.2, 0) is 11.4 Å². The summed E-state index contributed by atoms with van der Waals surface area (Å²) >= 11 is 0. The molecule has 0 aliphatic heterocycles. The molecule has 4 aromatic rings. The average Bonchev–Trinajstić information content (AvgIpc) is 2.88. The molecule has 0 aromatic heterocycles. The maximum Gasteiger partial charge on any atom is 0.269 e. The van der Waals surface area contributed by atoms with Gasteiger partial charge in [0.2, 0.25) is 0 Å². The van der Waals surface area contributed by atoms with E-state index in [0.29, 0.717) is 17.0 Å². The molecule has 4 aromatic carbocycles. The Balaban J connectivity index is 1.68. The van der Waals surface area contributed by atoms with Crippen LogP contribution in [0.2, 0.25) is 0 Å². The number of amides is 1. The Hall–Kier alpha value is -4.96. The van der Waals surface area contributed by atoms with Crippen LogP contribution in [0.25, 0.3) is 16.8 Å². The van der Waals surface area contributed by atoms with Crippen molar-refractivity contribution >= 4 is 34.1 Å². The molecule has 0 bridgehead atoms. The van der Waals surface area contributed by atoms with Gasteiger partial charge in [-0.15, -0.1) is 0 Å². The lowest BCUT2D eigenvalue weighted by atomic mass is 10.0. The Morgan fingerprint density at radius 2 is 1.81 bits per heavy atom. The zero-order chi connectivity index (χ0) is 25.7. The summed E-state index contributed by atoms with van der Waals surface area (Å²) in [6.45, 7) is 3.98. The minimum atomic E-state index is -0.513. The van der Waals surface area contributed by atoms with Gasteiger partial charge >= 0.3 is 0 Å². The molecule has 7 heteroatoms. The Morgan fingerprint density at radius 3 is 2.53 bits per heavy atom. The molecule has 0 saturated carbocycles. The summed E-state index contributed by atoms with van der Waals surface area (Å²) in [4.78, 5) is 23.5. The second-order valence-electron chi connectivity index (χ2n) is 8.35. The Kier molecular flexibility index (Phi) is 7.07. The normalized spacial score (nSPS) is 11.1. The fourth-order valence-corrected chi connectivity index (χ4v) is 3.78. The van der Waals surface area contributed by atoms with E-state index < -0.39 is 10.8 Å². The maximum absolute atomic E-state index is 13.0. The molecule has 0 atom stereocenters. The number of ether oxygens (including phenoxy) is 1. The van der Waals surface area contributed by atoms with Crippen LogP contribution in [0.4, 0.5) is 11.4 Å². The molecule has 0 aliphatic carbocycles. The second-order valence-corrected chi connectivity index (χ2v) is 8.35. The van der Waals surface area contributed by atoms with Gasteiger partial charge in [0.05, 0.1) is 4.92 Å². The number of nitro benzene ring substituents is 1. The van der Waals surface area contributed by atoms with Crippen LogP contribution in [-0.4, -0.2) is 10.8 Å². The molecule has 4 rings (SSSR count). The van der Waals surface area contributed by atoms with E-state index in [4.69, 9.17) is 4.74 Å². The first-order valence-electron chi connectivity index (χ1n) is 11.2. The Bertz CT molecular complexity index is 1530. The lowest BCUT2D eigenvalue weighted by molar-refractivity contribution is -0.384. The van der Waals surface area contributed by atoms with Gasteiger partial charge in [-0.1, -0.05) is 42.5 Å². The number of nitriles is 1. The van der Waals surface area contributed by atoms with Crippen molar-refractivity contribution in [1.82, 2.24) is 0 Å². The van der Waals surface area contributed by atoms with E-state index in [1.165, 1.54) is 18.2 Å². The highest BCUT2D eigenvalue weighted by atomic mass is 16.6. The van der Waals surface area contributed by atoms with Crippen molar-refractivity contribution in [2.75, 3.05) is 5.32 Å². The number of benzene rings is 4. The zero-order valence-corrected chi connectivity index (χ0v) is 19.8. The van der Waals surface area contributed by atoms with Crippen LogP contribution in [0.15, 0.2) is 84.4 Å². The number of non-ortho nitro benzene ring substituents is 1. The fourth-order valence-electron chi connectivity index (χ4n) is 3.78. The van der Waals surface area contributed by atoms with Crippen molar-refractivity contribution in [3.8, 4) is 11.8 Å². The van der Waals surface area contributed by atoms with E-state index in [2.05, 4.69) is 5.32 Å². The summed E-state index contributed by atoms with van der Waals surface area (Å²) in [5, 5.41) is 25.3. The van der Waals surface area contributed by atoms with Crippen molar-refractivity contribution in [2.45, 2.75) is 20.5 Å². The first-order valence-corrected chi connectivity index (χ1v) is 11.2. The Labute approximate surface area is 208 Å². The van der Waals surface area contributed by atoms with Gasteiger partial charge in [-0.2, -0.15) is 5.26 Å². The monoisotopic (exact) mass is 477 g/mol. The lowest BCUT2D eigenvalue weighted by Gasteiger charge is -2.13. The number of carbonyl (C=O) groups excluding carboxylic acids is 1. The second kappa shape index (κ2) is 10.5. The van der Waals surface area contributed by atoms with E-state index in [1.807, 2.05) is 68.4 Å². The van der Waals surface area contributed by atoms with E-state index in [9.17, 15) is 20.2 Å². The summed E-state index contributed by atoms with van der Waals surface area (Å²) < 4.78 is 6.05. The molecule has 1 amide bonds. The van der Waals surface area contributed by atoms with E-state index in [1.54, 1.807) is 18.2 Å². The first-order chi connectivity index (χ1) is 17.4. The number of fused-ring (bicyclic) bond motifs is 1. The van der Waals surface area contributed by atoms with Crippen molar-refractivity contribution < 1.29 is 14.5 Å². The average molecular weight is 478 g/mol. The summed E-state index contributed by atoms with van der Waals surface area (Å²) in [5.74, 6) is -0.0280. The topological polar surface area (TPSA) is 105 Å². The SMILES string of the molecule is Cc1ccc(C)c(NC(=O)/C(C#N)=C/c2c(OCc3ccc([N+](=O)[O-])cc3)ccc3ccccc23)c1. The molecule has 0 heterocycles. The summed E-state index contributed by atoms with van der Waals surface area (Å²) in [7, 11) is 0. The summed E-state index contributed by atoms with van der Waals surface area (Å²) in [5.41, 5.74) is 3.82. The van der Waals surface area contributed by atoms with E-state index in [0.717, 1.165) is 27.5 Å². The van der Waals surface area contributed by atoms with Gasteiger partial charge in [-0.3, -0.25) is 14.9 Å². The minimum Gasteiger partial charge on any atom is -0.488 e. The van der Waals surface area contributed by atoms with Gasteiger partial charge in [-0.25, -0.2) is 0 Å². The molecule has 0 saturated heterocycles. The largest absolute Gasteiger partial charge is 0.488 e. The van der Waals surface area contributed by atoms with Gasteiger partial charge < -0.3 is 10.1 Å². The highest BCUT2D eigenvalue weighted by molar-refractivity contribution is 6.11. The summed E-state index contributed by atoms with van der Waals surface area (Å²) in [6.07, 6.45) is 1.54. The third-order valence-corrected chi connectivity index (χ3v) is 5.77. The van der Waals surface area contributed by atoms with Crippen molar-refractivity contribution in [2.24, 2.45) is 0 Å². The van der Waals surface area contributed by atoms with Gasteiger partial charge in [0.1, 0.15) is 24.0 Å². The molecular formula is C29H23N3O4. The third-order valence-electron chi connectivity index (χ3n) is 5.77.